The molecule has 15 heavy (non-hydrogen) atoms. The van der Waals surface area contributed by atoms with Crippen LogP contribution in [0.3, 0.4) is 0 Å². The highest BCUT2D eigenvalue weighted by Gasteiger charge is 2.28. The van der Waals surface area contributed by atoms with E-state index in [4.69, 9.17) is 0 Å². The molecule has 0 radical (unpaired) electrons. The van der Waals surface area contributed by atoms with Gasteiger partial charge in [-0.15, -0.1) is 0 Å². The molecule has 4 heteroatoms. The van der Waals surface area contributed by atoms with Crippen LogP contribution in [0.5, 0.6) is 0 Å². The molecule has 0 aliphatic carbocycles. The second kappa shape index (κ2) is 4.39. The minimum absolute atomic E-state index is 0.139. The molecule has 86 valence electrons. The van der Waals surface area contributed by atoms with Gasteiger partial charge in [0.15, 0.2) is 0 Å². The molecule has 0 bridgehead atoms. The Balaban J connectivity index is 1.79. The summed E-state index contributed by atoms with van der Waals surface area (Å²) in [6.07, 6.45) is 3.40. The van der Waals surface area contributed by atoms with E-state index in [0.717, 1.165) is 38.9 Å². The van der Waals surface area contributed by atoms with Crippen molar-refractivity contribution in [2.24, 2.45) is 0 Å². The molecule has 0 saturated carbocycles. The van der Waals surface area contributed by atoms with E-state index in [-0.39, 0.29) is 6.03 Å². The van der Waals surface area contributed by atoms with Crippen LogP contribution in [0.15, 0.2) is 0 Å². The summed E-state index contributed by atoms with van der Waals surface area (Å²) in [6.45, 7) is 5.07. The van der Waals surface area contributed by atoms with E-state index in [0.29, 0.717) is 12.1 Å². The molecule has 0 aromatic rings. The van der Waals surface area contributed by atoms with E-state index in [9.17, 15) is 4.79 Å². The van der Waals surface area contributed by atoms with Crippen molar-refractivity contribution in [3.05, 3.63) is 0 Å². The van der Waals surface area contributed by atoms with Gasteiger partial charge in [-0.3, -0.25) is 0 Å². The van der Waals surface area contributed by atoms with Gasteiger partial charge in [0.1, 0.15) is 0 Å². The SMILES string of the molecule is CC1CC(NC(=O)N2CCCC2)CN1C. The number of carbonyl (C=O) groups is 1. The summed E-state index contributed by atoms with van der Waals surface area (Å²) in [6, 6.07) is 1.08. The Labute approximate surface area is 91.6 Å². The van der Waals surface area contributed by atoms with Gasteiger partial charge in [-0.05, 0) is 33.2 Å². The summed E-state index contributed by atoms with van der Waals surface area (Å²) in [5.41, 5.74) is 0. The zero-order valence-corrected chi connectivity index (χ0v) is 9.70. The molecule has 2 fully saturated rings. The third-order valence-electron chi connectivity index (χ3n) is 3.61. The van der Waals surface area contributed by atoms with Crippen molar-refractivity contribution in [1.29, 1.82) is 0 Å². The Bertz CT molecular complexity index is 228. The molecular weight excluding hydrogens is 190 g/mol. The van der Waals surface area contributed by atoms with E-state index in [1.165, 1.54) is 0 Å². The highest BCUT2D eigenvalue weighted by Crippen LogP contribution is 2.15. The summed E-state index contributed by atoms with van der Waals surface area (Å²) in [5, 5.41) is 3.13. The fraction of sp³-hybridized carbons (Fsp3) is 0.909. The number of nitrogens with one attached hydrogen (secondary N) is 1. The Morgan fingerprint density at radius 1 is 1.33 bits per heavy atom. The first-order valence-electron chi connectivity index (χ1n) is 5.92. The summed E-state index contributed by atoms with van der Waals surface area (Å²) in [5.74, 6) is 0. The Morgan fingerprint density at radius 3 is 2.53 bits per heavy atom. The van der Waals surface area contributed by atoms with Gasteiger partial charge in [0.2, 0.25) is 0 Å². The molecule has 1 N–H and O–H groups in total. The largest absolute Gasteiger partial charge is 0.334 e. The molecule has 0 aromatic heterocycles. The van der Waals surface area contributed by atoms with Crippen molar-refractivity contribution in [2.45, 2.75) is 38.3 Å². The minimum atomic E-state index is 0.139. The van der Waals surface area contributed by atoms with E-state index in [1.807, 2.05) is 4.90 Å². The molecular formula is C11H21N3O. The lowest BCUT2D eigenvalue weighted by atomic mass is 10.2. The lowest BCUT2D eigenvalue weighted by Gasteiger charge is -2.19. The van der Waals surface area contributed by atoms with Gasteiger partial charge in [-0.25, -0.2) is 4.79 Å². The minimum Gasteiger partial charge on any atom is -0.334 e. The van der Waals surface area contributed by atoms with Gasteiger partial charge in [-0.2, -0.15) is 0 Å². The molecule has 4 nitrogen and oxygen atoms in total. The number of carbonyl (C=O) groups excluding carboxylic acids is 1. The predicted molar refractivity (Wildman–Crippen MR) is 59.8 cm³/mol. The van der Waals surface area contributed by atoms with Crippen LogP contribution in [0.1, 0.15) is 26.2 Å². The van der Waals surface area contributed by atoms with Crippen molar-refractivity contribution in [3.63, 3.8) is 0 Å². The van der Waals surface area contributed by atoms with Crippen LogP contribution >= 0.6 is 0 Å². The van der Waals surface area contributed by atoms with Gasteiger partial charge in [0.05, 0.1) is 0 Å². The van der Waals surface area contributed by atoms with Crippen LogP contribution in [-0.2, 0) is 0 Å². The molecule has 0 aromatic carbocycles. The maximum atomic E-state index is 11.8. The third-order valence-corrected chi connectivity index (χ3v) is 3.61. The predicted octanol–water partition coefficient (Wildman–Crippen LogP) is 0.884. The summed E-state index contributed by atoms with van der Waals surface area (Å²) in [7, 11) is 2.12. The Morgan fingerprint density at radius 2 is 2.00 bits per heavy atom. The van der Waals surface area contributed by atoms with Crippen molar-refractivity contribution < 1.29 is 4.79 Å². The zero-order valence-electron chi connectivity index (χ0n) is 9.70. The second-order valence-corrected chi connectivity index (χ2v) is 4.86. The van der Waals surface area contributed by atoms with Crippen LogP contribution in [0.4, 0.5) is 4.79 Å². The molecule has 2 heterocycles. The first kappa shape index (κ1) is 10.7. The highest BCUT2D eigenvalue weighted by molar-refractivity contribution is 5.74. The fourth-order valence-electron chi connectivity index (χ4n) is 2.48. The first-order chi connectivity index (χ1) is 7.16. The number of likely N-dealkylation sites (N-methyl/N-ethyl adjacent to an activating group) is 1. The van der Waals surface area contributed by atoms with Gasteiger partial charge < -0.3 is 15.1 Å². The van der Waals surface area contributed by atoms with Gasteiger partial charge in [-0.1, -0.05) is 0 Å². The lowest BCUT2D eigenvalue weighted by Crippen LogP contribution is -2.44. The molecule has 2 aliphatic rings. The monoisotopic (exact) mass is 211 g/mol. The number of hydrogen-bond donors (Lipinski definition) is 1. The molecule has 2 unspecified atom stereocenters. The number of hydrogen-bond acceptors (Lipinski definition) is 2. The van der Waals surface area contributed by atoms with Crippen LogP contribution in [-0.4, -0.2) is 54.6 Å². The molecule has 0 spiro atoms. The highest BCUT2D eigenvalue weighted by atomic mass is 16.2. The summed E-state index contributed by atoms with van der Waals surface area (Å²) >= 11 is 0. The first-order valence-corrected chi connectivity index (χ1v) is 5.92. The average molecular weight is 211 g/mol. The quantitative estimate of drug-likeness (QED) is 0.699. The maximum Gasteiger partial charge on any atom is 0.317 e. The van der Waals surface area contributed by atoms with E-state index >= 15 is 0 Å². The number of likely N-dealkylation sites (tertiary alicyclic amines) is 2. The Kier molecular flexibility index (Phi) is 3.14. The van der Waals surface area contributed by atoms with Gasteiger partial charge >= 0.3 is 6.03 Å². The normalized spacial score (nSPS) is 32.3. The van der Waals surface area contributed by atoms with E-state index in [1.54, 1.807) is 0 Å². The number of amides is 2. The summed E-state index contributed by atoms with van der Waals surface area (Å²) < 4.78 is 0. The molecule has 2 atom stereocenters. The lowest BCUT2D eigenvalue weighted by molar-refractivity contribution is 0.204. The van der Waals surface area contributed by atoms with Crippen LogP contribution < -0.4 is 5.32 Å². The fourth-order valence-corrected chi connectivity index (χ4v) is 2.48. The van der Waals surface area contributed by atoms with Gasteiger partial charge in [0, 0.05) is 31.7 Å². The molecule has 2 aliphatic heterocycles. The van der Waals surface area contributed by atoms with Crippen LogP contribution in [0.25, 0.3) is 0 Å². The van der Waals surface area contributed by atoms with Crippen LogP contribution in [0, 0.1) is 0 Å². The Hall–Kier alpha value is -0.770. The van der Waals surface area contributed by atoms with Crippen molar-refractivity contribution in [3.8, 4) is 0 Å². The number of rotatable bonds is 1. The van der Waals surface area contributed by atoms with E-state index < -0.39 is 0 Å². The third kappa shape index (κ3) is 2.43. The molecule has 2 saturated heterocycles. The summed E-state index contributed by atoms with van der Waals surface area (Å²) in [4.78, 5) is 16.0. The maximum absolute atomic E-state index is 11.8. The van der Waals surface area contributed by atoms with E-state index in [2.05, 4.69) is 24.2 Å². The standard InChI is InChI=1S/C11H21N3O/c1-9-7-10(8-13(9)2)12-11(15)14-5-3-4-6-14/h9-10H,3-8H2,1-2H3,(H,12,15). The van der Waals surface area contributed by atoms with Crippen molar-refractivity contribution >= 4 is 6.03 Å². The van der Waals surface area contributed by atoms with Crippen LogP contribution in [0.2, 0.25) is 0 Å². The molecule has 2 amide bonds. The number of nitrogens with zero attached hydrogens (tertiary/aromatic N) is 2. The zero-order chi connectivity index (χ0) is 10.8. The van der Waals surface area contributed by atoms with Crippen molar-refractivity contribution in [1.82, 2.24) is 15.1 Å². The molecule has 2 rings (SSSR count). The second-order valence-electron chi connectivity index (χ2n) is 4.86. The smallest absolute Gasteiger partial charge is 0.317 e. The average Bonchev–Trinajstić information content (AvgIpc) is 2.77. The van der Waals surface area contributed by atoms with Crippen molar-refractivity contribution in [2.75, 3.05) is 26.7 Å². The number of urea groups is 1. The van der Waals surface area contributed by atoms with Gasteiger partial charge in [0.25, 0.3) is 0 Å². The topological polar surface area (TPSA) is 35.6 Å².